The number of anilines is 2. The molecule has 0 aliphatic heterocycles. The molecule has 0 amide bonds. The standard InChI is InChI=1S/C9H16ClN5S/c1-14(2)8-11-7(10)12-9(13-8)15(3)5-6-16-4/h5-6H2,1-4H3. The molecule has 0 bridgehead atoms. The molecule has 0 spiro atoms. The highest BCUT2D eigenvalue weighted by atomic mass is 35.5. The Hall–Kier alpha value is -0.750. The van der Waals surface area contributed by atoms with E-state index < -0.39 is 0 Å². The van der Waals surface area contributed by atoms with Crippen LogP contribution in [-0.2, 0) is 0 Å². The second-order valence-corrected chi connectivity index (χ2v) is 4.84. The first kappa shape index (κ1) is 13.3. The fourth-order valence-corrected chi connectivity index (χ4v) is 1.64. The third kappa shape index (κ3) is 3.68. The number of halogens is 1. The minimum absolute atomic E-state index is 0.227. The summed E-state index contributed by atoms with van der Waals surface area (Å²) in [5, 5.41) is 0.227. The van der Waals surface area contributed by atoms with Gasteiger partial charge in [-0.1, -0.05) is 0 Å². The van der Waals surface area contributed by atoms with E-state index in [1.807, 2.05) is 26.0 Å². The summed E-state index contributed by atoms with van der Waals surface area (Å²) in [5.74, 6) is 2.21. The van der Waals surface area contributed by atoms with Crippen molar-refractivity contribution in [2.45, 2.75) is 0 Å². The molecule has 0 aliphatic rings. The van der Waals surface area contributed by atoms with Crippen LogP contribution in [0.4, 0.5) is 11.9 Å². The van der Waals surface area contributed by atoms with E-state index in [9.17, 15) is 0 Å². The molecular weight excluding hydrogens is 246 g/mol. The van der Waals surface area contributed by atoms with E-state index in [0.717, 1.165) is 12.3 Å². The molecule has 0 unspecified atom stereocenters. The summed E-state index contributed by atoms with van der Waals surface area (Å²) in [6.07, 6.45) is 2.07. The molecule has 16 heavy (non-hydrogen) atoms. The predicted octanol–water partition coefficient (Wildman–Crippen LogP) is 1.39. The Morgan fingerprint density at radius 2 is 1.75 bits per heavy atom. The first-order valence-electron chi connectivity index (χ1n) is 4.83. The van der Waals surface area contributed by atoms with Crippen LogP contribution in [0.2, 0.25) is 5.28 Å². The van der Waals surface area contributed by atoms with Gasteiger partial charge in [0.1, 0.15) is 0 Å². The normalized spacial score (nSPS) is 10.3. The van der Waals surface area contributed by atoms with E-state index in [2.05, 4.69) is 21.2 Å². The highest BCUT2D eigenvalue weighted by molar-refractivity contribution is 7.98. The fraction of sp³-hybridized carbons (Fsp3) is 0.667. The smallest absolute Gasteiger partial charge is 0.231 e. The molecule has 0 fully saturated rings. The fourth-order valence-electron chi connectivity index (χ4n) is 1.03. The Morgan fingerprint density at radius 1 is 1.12 bits per heavy atom. The van der Waals surface area contributed by atoms with Crippen LogP contribution >= 0.6 is 23.4 Å². The first-order valence-corrected chi connectivity index (χ1v) is 6.60. The molecule has 1 rings (SSSR count). The molecule has 0 saturated heterocycles. The van der Waals surface area contributed by atoms with Crippen molar-refractivity contribution in [1.82, 2.24) is 15.0 Å². The minimum atomic E-state index is 0.227. The minimum Gasteiger partial charge on any atom is -0.347 e. The molecule has 0 radical (unpaired) electrons. The van der Waals surface area contributed by atoms with Crippen LogP contribution in [0.5, 0.6) is 0 Å². The van der Waals surface area contributed by atoms with Gasteiger partial charge in [-0.2, -0.15) is 26.7 Å². The Balaban J connectivity index is 2.86. The lowest BCUT2D eigenvalue weighted by atomic mass is 10.6. The van der Waals surface area contributed by atoms with Crippen molar-refractivity contribution in [2.75, 3.05) is 49.5 Å². The molecule has 5 nitrogen and oxygen atoms in total. The number of rotatable bonds is 5. The Bertz CT molecular complexity index is 347. The summed E-state index contributed by atoms with van der Waals surface area (Å²) < 4.78 is 0. The van der Waals surface area contributed by atoms with Gasteiger partial charge in [0.2, 0.25) is 17.2 Å². The maximum absolute atomic E-state index is 5.85. The van der Waals surface area contributed by atoms with Crippen molar-refractivity contribution in [1.29, 1.82) is 0 Å². The van der Waals surface area contributed by atoms with E-state index in [0.29, 0.717) is 11.9 Å². The third-order valence-electron chi connectivity index (χ3n) is 1.96. The quantitative estimate of drug-likeness (QED) is 0.798. The second kappa shape index (κ2) is 6.10. The van der Waals surface area contributed by atoms with Crippen molar-refractivity contribution < 1.29 is 0 Å². The number of aromatic nitrogens is 3. The Kier molecular flexibility index (Phi) is 5.08. The average Bonchev–Trinajstić information content (AvgIpc) is 2.24. The third-order valence-corrected chi connectivity index (χ3v) is 2.72. The SMILES string of the molecule is CSCCN(C)c1nc(Cl)nc(N(C)C)n1. The average molecular weight is 262 g/mol. The largest absolute Gasteiger partial charge is 0.347 e. The topological polar surface area (TPSA) is 45.2 Å². The van der Waals surface area contributed by atoms with Crippen LogP contribution in [0.1, 0.15) is 0 Å². The van der Waals surface area contributed by atoms with E-state index in [-0.39, 0.29) is 5.28 Å². The van der Waals surface area contributed by atoms with Gasteiger partial charge in [-0.05, 0) is 17.9 Å². The van der Waals surface area contributed by atoms with Crippen LogP contribution in [0.3, 0.4) is 0 Å². The van der Waals surface area contributed by atoms with Crippen molar-refractivity contribution in [2.24, 2.45) is 0 Å². The molecule has 0 saturated carbocycles. The van der Waals surface area contributed by atoms with Gasteiger partial charge in [0.15, 0.2) is 0 Å². The molecule has 90 valence electrons. The molecule has 7 heteroatoms. The van der Waals surface area contributed by atoms with Gasteiger partial charge in [-0.15, -0.1) is 0 Å². The molecular formula is C9H16ClN5S. The Morgan fingerprint density at radius 3 is 2.31 bits per heavy atom. The lowest BCUT2D eigenvalue weighted by Gasteiger charge is -2.18. The monoisotopic (exact) mass is 261 g/mol. The highest BCUT2D eigenvalue weighted by Crippen LogP contribution is 2.14. The van der Waals surface area contributed by atoms with Crippen LogP contribution in [0, 0.1) is 0 Å². The Labute approximate surface area is 105 Å². The van der Waals surface area contributed by atoms with Gasteiger partial charge in [0.05, 0.1) is 0 Å². The summed E-state index contributed by atoms with van der Waals surface area (Å²) in [4.78, 5) is 16.2. The predicted molar refractivity (Wildman–Crippen MR) is 70.8 cm³/mol. The summed E-state index contributed by atoms with van der Waals surface area (Å²) in [5.41, 5.74) is 0. The summed E-state index contributed by atoms with van der Waals surface area (Å²) in [6, 6.07) is 0. The van der Waals surface area contributed by atoms with Gasteiger partial charge in [-0.3, -0.25) is 0 Å². The van der Waals surface area contributed by atoms with Crippen LogP contribution in [0.15, 0.2) is 0 Å². The summed E-state index contributed by atoms with van der Waals surface area (Å²) in [6.45, 7) is 0.883. The summed E-state index contributed by atoms with van der Waals surface area (Å²) >= 11 is 7.63. The van der Waals surface area contributed by atoms with Gasteiger partial charge < -0.3 is 9.80 Å². The molecule has 1 heterocycles. The van der Waals surface area contributed by atoms with Gasteiger partial charge in [0.25, 0.3) is 0 Å². The molecule has 0 aromatic carbocycles. The summed E-state index contributed by atoms with van der Waals surface area (Å²) in [7, 11) is 5.69. The van der Waals surface area contributed by atoms with E-state index in [1.54, 1.807) is 16.7 Å². The first-order chi connectivity index (χ1) is 7.54. The lowest BCUT2D eigenvalue weighted by molar-refractivity contribution is 0.871. The maximum atomic E-state index is 5.85. The number of hydrogen-bond acceptors (Lipinski definition) is 6. The van der Waals surface area contributed by atoms with Gasteiger partial charge in [0, 0.05) is 33.4 Å². The van der Waals surface area contributed by atoms with E-state index in [4.69, 9.17) is 11.6 Å². The number of hydrogen-bond donors (Lipinski definition) is 0. The molecule has 0 atom stereocenters. The number of nitrogens with zero attached hydrogens (tertiary/aromatic N) is 5. The maximum Gasteiger partial charge on any atom is 0.231 e. The number of thioether (sulfide) groups is 1. The van der Waals surface area contributed by atoms with E-state index >= 15 is 0 Å². The molecule has 0 N–H and O–H groups in total. The van der Waals surface area contributed by atoms with Crippen molar-refractivity contribution in [3.63, 3.8) is 0 Å². The van der Waals surface area contributed by atoms with Crippen molar-refractivity contribution in [3.05, 3.63) is 5.28 Å². The van der Waals surface area contributed by atoms with Crippen LogP contribution < -0.4 is 9.80 Å². The second-order valence-electron chi connectivity index (χ2n) is 3.51. The zero-order chi connectivity index (χ0) is 12.1. The zero-order valence-corrected chi connectivity index (χ0v) is 11.5. The molecule has 1 aromatic rings. The van der Waals surface area contributed by atoms with Crippen LogP contribution in [0.25, 0.3) is 0 Å². The van der Waals surface area contributed by atoms with Gasteiger partial charge in [-0.25, -0.2) is 0 Å². The van der Waals surface area contributed by atoms with Gasteiger partial charge >= 0.3 is 0 Å². The van der Waals surface area contributed by atoms with Crippen molar-refractivity contribution >= 4 is 35.3 Å². The molecule has 1 aromatic heterocycles. The lowest BCUT2D eigenvalue weighted by Crippen LogP contribution is -2.24. The van der Waals surface area contributed by atoms with Crippen LogP contribution in [-0.4, -0.2) is 54.6 Å². The van der Waals surface area contributed by atoms with Crippen molar-refractivity contribution in [3.8, 4) is 0 Å². The zero-order valence-electron chi connectivity index (χ0n) is 9.94. The highest BCUT2D eigenvalue weighted by Gasteiger charge is 2.09. The molecule has 0 aliphatic carbocycles. The van der Waals surface area contributed by atoms with E-state index in [1.165, 1.54) is 0 Å².